The van der Waals surface area contributed by atoms with E-state index in [0.29, 0.717) is 0 Å². The van der Waals surface area contributed by atoms with Gasteiger partial charge in [0.2, 0.25) is 0 Å². The van der Waals surface area contributed by atoms with E-state index in [9.17, 15) is 22.4 Å². The van der Waals surface area contributed by atoms with Gasteiger partial charge in [0.05, 0.1) is 31.5 Å². The average molecular weight is 557 g/mol. The van der Waals surface area contributed by atoms with Crippen LogP contribution < -0.4 is 19.5 Å². The lowest BCUT2D eigenvalue weighted by atomic mass is 9.84. The quantitative estimate of drug-likeness (QED) is 0.335. The molecule has 0 spiro atoms. The van der Waals surface area contributed by atoms with Crippen molar-refractivity contribution >= 4 is 17.5 Å². The summed E-state index contributed by atoms with van der Waals surface area (Å²) in [6.45, 7) is -0.178. The van der Waals surface area contributed by atoms with E-state index in [2.05, 4.69) is 10.3 Å². The van der Waals surface area contributed by atoms with E-state index < -0.39 is 35.6 Å². The number of aliphatic hydroxyl groups excluding tert-OH is 1. The number of methoxy groups -OCH3 is 2. The third kappa shape index (κ3) is 6.11. The summed E-state index contributed by atoms with van der Waals surface area (Å²) in [5, 5.41) is 11.0. The van der Waals surface area contributed by atoms with Gasteiger partial charge in [0, 0.05) is 17.7 Å². The van der Waals surface area contributed by atoms with Crippen LogP contribution in [0.25, 0.3) is 11.3 Å². The first-order valence-electron chi connectivity index (χ1n) is 11.2. The number of hydrogen-bond acceptors (Lipinski definition) is 6. The van der Waals surface area contributed by atoms with Crippen molar-refractivity contribution in [1.82, 2.24) is 10.3 Å². The summed E-state index contributed by atoms with van der Waals surface area (Å²) in [6, 6.07) is 10.2. The summed E-state index contributed by atoms with van der Waals surface area (Å²) in [5.74, 6) is -0.900. The molecule has 7 nitrogen and oxygen atoms in total. The number of alkyl halides is 3. The Morgan fingerprint density at radius 2 is 1.71 bits per heavy atom. The molecule has 2 aromatic carbocycles. The van der Waals surface area contributed by atoms with Crippen molar-refractivity contribution in [2.75, 3.05) is 34.0 Å². The standard InChI is InChI=1S/C26H25ClF4N2O5/c1-25(26(29,30)31,14-32-24(35)16-5-7-19(38-11-10-34)21(13-16)37-3)22-9-8-20(36-2)23(33-22)15-4-6-18(28)17(27)12-15/h4-9,12-13,34H,10-11,14H2,1-3H3,(H,32,35). The fourth-order valence-electron chi connectivity index (χ4n) is 3.55. The third-order valence-electron chi connectivity index (χ3n) is 5.84. The Balaban J connectivity index is 1.94. The minimum atomic E-state index is -4.82. The summed E-state index contributed by atoms with van der Waals surface area (Å²) in [5.41, 5.74) is -2.70. The number of nitrogens with zero attached hydrogens (tertiary/aromatic N) is 1. The third-order valence-corrected chi connectivity index (χ3v) is 6.13. The number of aliphatic hydroxyl groups is 1. The van der Waals surface area contributed by atoms with Gasteiger partial charge in [-0.15, -0.1) is 0 Å². The van der Waals surface area contributed by atoms with Crippen molar-refractivity contribution < 1.29 is 41.7 Å². The number of nitrogens with one attached hydrogen (secondary N) is 1. The largest absolute Gasteiger partial charge is 0.494 e. The van der Waals surface area contributed by atoms with E-state index in [1.807, 2.05) is 0 Å². The molecule has 1 amide bonds. The zero-order valence-electron chi connectivity index (χ0n) is 20.7. The molecule has 0 aliphatic heterocycles. The Morgan fingerprint density at radius 3 is 2.32 bits per heavy atom. The molecule has 38 heavy (non-hydrogen) atoms. The highest BCUT2D eigenvalue weighted by Gasteiger charge is 2.53. The van der Waals surface area contributed by atoms with Gasteiger partial charge >= 0.3 is 6.18 Å². The number of amides is 1. The highest BCUT2D eigenvalue weighted by Crippen LogP contribution is 2.42. The number of ether oxygens (including phenoxy) is 3. The SMILES string of the molecule is COc1cc(C(=O)NCC(C)(c2ccc(OC)c(-c3ccc(F)c(Cl)c3)n2)C(F)(F)F)ccc1OCCO. The Hall–Kier alpha value is -3.57. The first-order valence-corrected chi connectivity index (χ1v) is 11.6. The fraction of sp³-hybridized carbons (Fsp3) is 0.308. The van der Waals surface area contributed by atoms with Crippen LogP contribution in [0.15, 0.2) is 48.5 Å². The van der Waals surface area contributed by atoms with Crippen LogP contribution in [0.1, 0.15) is 23.0 Å². The number of carbonyl (C=O) groups excluding carboxylic acids is 1. The van der Waals surface area contributed by atoms with Gasteiger partial charge in [-0.05, 0) is 55.5 Å². The number of halogens is 5. The average Bonchev–Trinajstić information content (AvgIpc) is 2.90. The van der Waals surface area contributed by atoms with Crippen molar-refractivity contribution in [3.05, 3.63) is 70.6 Å². The Kier molecular flexibility index (Phi) is 9.05. The number of benzene rings is 2. The van der Waals surface area contributed by atoms with E-state index in [1.54, 1.807) is 0 Å². The first kappa shape index (κ1) is 29.0. The van der Waals surface area contributed by atoms with Gasteiger partial charge in [-0.2, -0.15) is 13.2 Å². The lowest BCUT2D eigenvalue weighted by molar-refractivity contribution is -0.184. The van der Waals surface area contributed by atoms with Gasteiger partial charge in [0.25, 0.3) is 5.91 Å². The lowest BCUT2D eigenvalue weighted by Gasteiger charge is -2.32. The van der Waals surface area contributed by atoms with Crippen LogP contribution in [0.3, 0.4) is 0 Å². The zero-order chi connectivity index (χ0) is 28.1. The summed E-state index contributed by atoms with van der Waals surface area (Å²) >= 11 is 5.86. The second-order valence-corrected chi connectivity index (χ2v) is 8.73. The second-order valence-electron chi connectivity index (χ2n) is 8.33. The monoisotopic (exact) mass is 556 g/mol. The minimum Gasteiger partial charge on any atom is -0.494 e. The molecule has 0 bridgehead atoms. The smallest absolute Gasteiger partial charge is 0.401 e. The highest BCUT2D eigenvalue weighted by molar-refractivity contribution is 6.31. The summed E-state index contributed by atoms with van der Waals surface area (Å²) in [4.78, 5) is 17.0. The number of carbonyl (C=O) groups is 1. The first-order chi connectivity index (χ1) is 17.9. The lowest BCUT2D eigenvalue weighted by Crippen LogP contribution is -2.49. The normalized spacial score (nSPS) is 13.0. The van der Waals surface area contributed by atoms with Crippen molar-refractivity contribution in [2.45, 2.75) is 18.5 Å². The van der Waals surface area contributed by atoms with Gasteiger partial charge in [-0.25, -0.2) is 9.37 Å². The Labute approximate surface area is 221 Å². The highest BCUT2D eigenvalue weighted by atomic mass is 35.5. The predicted octanol–water partition coefficient (Wildman–Crippen LogP) is 5.18. The molecule has 12 heteroatoms. The maximum Gasteiger partial charge on any atom is 0.401 e. The topological polar surface area (TPSA) is 89.9 Å². The van der Waals surface area contributed by atoms with Crippen LogP contribution in [0, 0.1) is 5.82 Å². The van der Waals surface area contributed by atoms with E-state index in [0.717, 1.165) is 19.1 Å². The molecular formula is C26H25ClF4N2O5. The van der Waals surface area contributed by atoms with Gasteiger partial charge in [-0.1, -0.05) is 11.6 Å². The molecule has 2 N–H and O–H groups in total. The predicted molar refractivity (Wildman–Crippen MR) is 133 cm³/mol. The van der Waals surface area contributed by atoms with E-state index in [4.69, 9.17) is 30.9 Å². The molecule has 0 aliphatic rings. The van der Waals surface area contributed by atoms with Crippen LogP contribution in [0.5, 0.6) is 17.2 Å². The second kappa shape index (κ2) is 11.9. The number of aromatic nitrogens is 1. The van der Waals surface area contributed by atoms with Crippen molar-refractivity contribution in [2.24, 2.45) is 0 Å². The van der Waals surface area contributed by atoms with Crippen molar-refractivity contribution in [3.8, 4) is 28.5 Å². The van der Waals surface area contributed by atoms with Crippen LogP contribution in [0.2, 0.25) is 5.02 Å². The van der Waals surface area contributed by atoms with Crippen LogP contribution in [-0.4, -0.2) is 56.2 Å². The molecule has 3 rings (SSSR count). The fourth-order valence-corrected chi connectivity index (χ4v) is 3.73. The molecule has 1 atom stereocenters. The molecule has 1 unspecified atom stereocenters. The summed E-state index contributed by atoms with van der Waals surface area (Å²) < 4.78 is 72.6. The molecule has 0 saturated carbocycles. The molecule has 204 valence electrons. The molecule has 3 aromatic rings. The zero-order valence-corrected chi connectivity index (χ0v) is 21.4. The Morgan fingerprint density at radius 1 is 1.03 bits per heavy atom. The number of rotatable bonds is 10. The van der Waals surface area contributed by atoms with Gasteiger partial charge in [-0.3, -0.25) is 4.79 Å². The van der Waals surface area contributed by atoms with Gasteiger partial charge in [0.15, 0.2) is 11.5 Å². The van der Waals surface area contributed by atoms with Gasteiger partial charge < -0.3 is 24.6 Å². The maximum absolute atomic E-state index is 14.4. The van der Waals surface area contributed by atoms with E-state index in [-0.39, 0.29) is 52.3 Å². The van der Waals surface area contributed by atoms with E-state index in [1.165, 1.54) is 50.6 Å². The van der Waals surface area contributed by atoms with E-state index >= 15 is 0 Å². The van der Waals surface area contributed by atoms with Gasteiger partial charge in [0.1, 0.15) is 29.3 Å². The molecular weight excluding hydrogens is 532 g/mol. The minimum absolute atomic E-state index is 0.00713. The van der Waals surface area contributed by atoms with Crippen molar-refractivity contribution in [1.29, 1.82) is 0 Å². The summed E-state index contributed by atoms with van der Waals surface area (Å²) in [7, 11) is 2.66. The molecule has 0 fully saturated rings. The number of pyridine rings is 1. The van der Waals surface area contributed by atoms with Crippen LogP contribution in [0.4, 0.5) is 17.6 Å². The molecule has 0 radical (unpaired) electrons. The van der Waals surface area contributed by atoms with Crippen molar-refractivity contribution in [3.63, 3.8) is 0 Å². The maximum atomic E-state index is 14.4. The molecule has 1 aromatic heterocycles. The molecule has 1 heterocycles. The number of hydrogen-bond donors (Lipinski definition) is 2. The molecule has 0 saturated heterocycles. The van der Waals surface area contributed by atoms with Crippen LogP contribution in [-0.2, 0) is 5.41 Å². The van der Waals surface area contributed by atoms with Crippen LogP contribution >= 0.6 is 11.6 Å². The summed E-state index contributed by atoms with van der Waals surface area (Å²) in [6.07, 6.45) is -4.82. The molecule has 0 aliphatic carbocycles. The Bertz CT molecular complexity index is 1310.